The molecule has 2 rings (SSSR count). The molecular weight excluding hydrogens is 356 g/mol. The van der Waals surface area contributed by atoms with Crippen LogP contribution in [-0.2, 0) is 13.1 Å². The Morgan fingerprint density at radius 1 is 0.448 bits per heavy atom. The normalized spacial score (nSPS) is 11.2. The summed E-state index contributed by atoms with van der Waals surface area (Å²) in [7, 11) is 0. The second-order valence-corrected chi connectivity index (χ2v) is 7.87. The molecule has 0 aliphatic heterocycles. The highest BCUT2D eigenvalue weighted by atomic mass is 16.0. The Bertz CT molecular complexity index is 546. The zero-order valence-corrected chi connectivity index (χ0v) is 19.8. The molecule has 0 atom stereocenters. The van der Waals surface area contributed by atoms with Gasteiger partial charge >= 0.3 is 0 Å². The molecule has 0 fully saturated rings. The van der Waals surface area contributed by atoms with E-state index in [1.165, 1.54) is 72.5 Å². The number of rotatable bonds is 10. The van der Waals surface area contributed by atoms with E-state index in [0.717, 1.165) is 0 Å². The Morgan fingerprint density at radius 2 is 0.690 bits per heavy atom. The fourth-order valence-corrected chi connectivity index (χ4v) is 3.95. The number of nitrogens with zero attached hydrogens (tertiary/aromatic N) is 2. The van der Waals surface area contributed by atoms with E-state index in [2.05, 4.69) is 102 Å². The molecule has 0 amide bonds. The molecule has 3 heteroatoms. The van der Waals surface area contributed by atoms with Gasteiger partial charge in [-0.3, -0.25) is 0 Å². The molecule has 2 aromatic carbocycles. The standard InChI is InChI=1S/2C13H22N.H2O/c2*1-4-14(5-2,6-3)12-13-10-8-7-9-11-13;/h2*7-11H,4-6,12H2,1-3H3;1H2/q2*+1;. The van der Waals surface area contributed by atoms with E-state index in [1.54, 1.807) is 0 Å². The minimum Gasteiger partial charge on any atom is -0.412 e. The van der Waals surface area contributed by atoms with Gasteiger partial charge in [-0.25, -0.2) is 0 Å². The van der Waals surface area contributed by atoms with Gasteiger partial charge in [-0.05, 0) is 41.5 Å². The Hall–Kier alpha value is -1.68. The van der Waals surface area contributed by atoms with Crippen LogP contribution in [0.5, 0.6) is 0 Å². The zero-order chi connectivity index (χ0) is 20.9. The molecular formula is C26H46N2O+2. The van der Waals surface area contributed by atoms with Gasteiger partial charge < -0.3 is 14.4 Å². The monoisotopic (exact) mass is 402 g/mol. The summed E-state index contributed by atoms with van der Waals surface area (Å²) in [5, 5.41) is 0. The highest BCUT2D eigenvalue weighted by Crippen LogP contribution is 2.14. The molecule has 3 nitrogen and oxygen atoms in total. The van der Waals surface area contributed by atoms with Crippen molar-refractivity contribution in [1.29, 1.82) is 0 Å². The van der Waals surface area contributed by atoms with Crippen molar-refractivity contribution in [1.82, 2.24) is 0 Å². The van der Waals surface area contributed by atoms with Crippen molar-refractivity contribution in [3.8, 4) is 0 Å². The predicted octanol–water partition coefficient (Wildman–Crippen LogP) is 5.30. The van der Waals surface area contributed by atoms with E-state index >= 15 is 0 Å². The fraction of sp³-hybridized carbons (Fsp3) is 0.538. The van der Waals surface area contributed by atoms with Gasteiger partial charge in [0.1, 0.15) is 13.1 Å². The van der Waals surface area contributed by atoms with Crippen molar-refractivity contribution in [2.24, 2.45) is 0 Å². The number of benzene rings is 2. The second kappa shape index (κ2) is 14.3. The van der Waals surface area contributed by atoms with Gasteiger partial charge in [0.25, 0.3) is 0 Å². The molecule has 0 aliphatic carbocycles. The van der Waals surface area contributed by atoms with Crippen molar-refractivity contribution in [3.63, 3.8) is 0 Å². The predicted molar refractivity (Wildman–Crippen MR) is 128 cm³/mol. The van der Waals surface area contributed by atoms with Crippen molar-refractivity contribution >= 4 is 0 Å². The molecule has 0 heterocycles. The molecule has 0 saturated heterocycles. The lowest BCUT2D eigenvalue weighted by Gasteiger charge is -2.35. The first-order valence-corrected chi connectivity index (χ1v) is 11.3. The van der Waals surface area contributed by atoms with Gasteiger partial charge in [-0.15, -0.1) is 0 Å². The van der Waals surface area contributed by atoms with Crippen molar-refractivity contribution in [2.75, 3.05) is 39.3 Å². The Kier molecular flexibility index (Phi) is 13.5. The van der Waals surface area contributed by atoms with Gasteiger partial charge in [0.2, 0.25) is 0 Å². The highest BCUT2D eigenvalue weighted by Gasteiger charge is 2.21. The van der Waals surface area contributed by atoms with E-state index in [-0.39, 0.29) is 5.48 Å². The van der Waals surface area contributed by atoms with Crippen LogP contribution in [0.25, 0.3) is 0 Å². The summed E-state index contributed by atoms with van der Waals surface area (Å²) < 4.78 is 2.40. The molecule has 164 valence electrons. The molecule has 29 heavy (non-hydrogen) atoms. The molecule has 0 unspecified atom stereocenters. The molecule has 0 saturated carbocycles. The maximum absolute atomic E-state index is 2.29. The van der Waals surface area contributed by atoms with Crippen LogP contribution in [-0.4, -0.2) is 53.7 Å². The lowest BCUT2D eigenvalue weighted by Crippen LogP contribution is -2.46. The van der Waals surface area contributed by atoms with Crippen LogP contribution in [0.2, 0.25) is 0 Å². The summed E-state index contributed by atoms with van der Waals surface area (Å²) in [4.78, 5) is 0. The summed E-state index contributed by atoms with van der Waals surface area (Å²) in [6.45, 7) is 23.4. The summed E-state index contributed by atoms with van der Waals surface area (Å²) >= 11 is 0. The topological polar surface area (TPSA) is 31.5 Å². The Balaban J connectivity index is 0.000000523. The zero-order valence-electron chi connectivity index (χ0n) is 19.8. The van der Waals surface area contributed by atoms with E-state index < -0.39 is 0 Å². The van der Waals surface area contributed by atoms with Crippen LogP contribution in [0.3, 0.4) is 0 Å². The highest BCUT2D eigenvalue weighted by molar-refractivity contribution is 5.14. The van der Waals surface area contributed by atoms with Gasteiger partial charge in [-0.1, -0.05) is 60.7 Å². The van der Waals surface area contributed by atoms with Gasteiger partial charge in [0.05, 0.1) is 39.3 Å². The van der Waals surface area contributed by atoms with Crippen LogP contribution in [0.1, 0.15) is 52.7 Å². The molecule has 2 N–H and O–H groups in total. The molecule has 0 aromatic heterocycles. The lowest BCUT2D eigenvalue weighted by molar-refractivity contribution is -0.936. The molecule has 0 radical (unpaired) electrons. The van der Waals surface area contributed by atoms with Crippen LogP contribution in [0, 0.1) is 0 Å². The smallest absolute Gasteiger partial charge is 0.104 e. The largest absolute Gasteiger partial charge is 0.412 e. The van der Waals surface area contributed by atoms with Crippen molar-refractivity contribution < 1.29 is 14.4 Å². The van der Waals surface area contributed by atoms with Gasteiger partial charge in [0.15, 0.2) is 0 Å². The number of hydrogen-bond acceptors (Lipinski definition) is 0. The first kappa shape index (κ1) is 27.3. The average Bonchev–Trinajstić information content (AvgIpc) is 2.78. The third-order valence-electron chi connectivity index (χ3n) is 6.75. The van der Waals surface area contributed by atoms with E-state index in [4.69, 9.17) is 0 Å². The molecule has 0 bridgehead atoms. The second-order valence-electron chi connectivity index (χ2n) is 7.87. The minimum absolute atomic E-state index is 0. The third-order valence-corrected chi connectivity index (χ3v) is 6.75. The summed E-state index contributed by atoms with van der Waals surface area (Å²) in [5.74, 6) is 0. The van der Waals surface area contributed by atoms with Crippen LogP contribution < -0.4 is 0 Å². The van der Waals surface area contributed by atoms with E-state index in [0.29, 0.717) is 0 Å². The van der Waals surface area contributed by atoms with Crippen molar-refractivity contribution in [2.45, 2.75) is 54.6 Å². The Labute approximate surface area is 180 Å². The van der Waals surface area contributed by atoms with E-state index in [1.807, 2.05) is 0 Å². The third kappa shape index (κ3) is 8.69. The van der Waals surface area contributed by atoms with Crippen LogP contribution in [0.15, 0.2) is 60.7 Å². The van der Waals surface area contributed by atoms with Crippen LogP contribution in [0.4, 0.5) is 0 Å². The molecule has 0 aliphatic rings. The molecule has 0 spiro atoms. The van der Waals surface area contributed by atoms with Gasteiger partial charge in [-0.2, -0.15) is 0 Å². The van der Waals surface area contributed by atoms with E-state index in [9.17, 15) is 0 Å². The number of hydrogen-bond donors (Lipinski definition) is 0. The summed E-state index contributed by atoms with van der Waals surface area (Å²) in [6, 6.07) is 21.6. The fourth-order valence-electron chi connectivity index (χ4n) is 3.95. The maximum atomic E-state index is 2.29. The quantitative estimate of drug-likeness (QED) is 0.483. The lowest BCUT2D eigenvalue weighted by atomic mass is 10.2. The Morgan fingerprint density at radius 3 is 0.897 bits per heavy atom. The first-order valence-electron chi connectivity index (χ1n) is 11.3. The summed E-state index contributed by atoms with van der Waals surface area (Å²) in [6.07, 6.45) is 0. The summed E-state index contributed by atoms with van der Waals surface area (Å²) in [5.41, 5.74) is 2.91. The SMILES string of the molecule is CC[N+](CC)(CC)Cc1ccccc1.CC[N+](CC)(CC)Cc1ccccc1.O. The molecule has 2 aromatic rings. The van der Waals surface area contributed by atoms with Crippen molar-refractivity contribution in [3.05, 3.63) is 71.8 Å². The minimum atomic E-state index is 0. The van der Waals surface area contributed by atoms with Gasteiger partial charge in [0, 0.05) is 11.1 Å². The average molecular weight is 403 g/mol. The maximum Gasteiger partial charge on any atom is 0.104 e. The first-order chi connectivity index (χ1) is 13.5. The van der Waals surface area contributed by atoms with Crippen LogP contribution >= 0.6 is 0 Å². The number of quaternary nitrogens is 2.